The van der Waals surface area contributed by atoms with Gasteiger partial charge in [-0.1, -0.05) is 27.7 Å². The molecule has 0 aliphatic rings. The number of benzene rings is 1. The Kier molecular flexibility index (Phi) is 6.05. The van der Waals surface area contributed by atoms with Gasteiger partial charge in [-0.25, -0.2) is 0 Å². The molecule has 1 rings (SSSR count). The summed E-state index contributed by atoms with van der Waals surface area (Å²) >= 11 is 0. The second-order valence-corrected chi connectivity index (χ2v) is 5.65. The fourth-order valence-corrected chi connectivity index (χ4v) is 1.88. The lowest BCUT2D eigenvalue weighted by Crippen LogP contribution is -2.21. The monoisotopic (exact) mass is 293 g/mol. The quantitative estimate of drug-likeness (QED) is 0.701. The van der Waals surface area contributed by atoms with E-state index in [9.17, 15) is 19.8 Å². The maximum Gasteiger partial charge on any atom is 0.226 e. The molecule has 0 radical (unpaired) electrons. The number of carbonyl (C=O) groups excluding carboxylic acids is 2. The van der Waals surface area contributed by atoms with Crippen molar-refractivity contribution in [1.82, 2.24) is 0 Å². The van der Waals surface area contributed by atoms with E-state index >= 15 is 0 Å². The molecule has 0 heterocycles. The largest absolute Gasteiger partial charge is 0.392 e. The second-order valence-electron chi connectivity index (χ2n) is 5.65. The van der Waals surface area contributed by atoms with Crippen LogP contribution in [0.4, 0.5) is 5.69 Å². The molecular weight excluding hydrogens is 270 g/mol. The third-order valence-electron chi connectivity index (χ3n) is 3.25. The standard InChI is InChI=1S/C16H23NO4/c1-9(2)15(20)13-5-11(7-18)12(8-19)6-14(13)17-16(21)10(3)4/h5-6,9-10,18-19H,7-8H2,1-4H3,(H,17,21). The Morgan fingerprint density at radius 2 is 1.52 bits per heavy atom. The first-order chi connectivity index (χ1) is 9.81. The predicted molar refractivity (Wildman–Crippen MR) is 80.9 cm³/mol. The van der Waals surface area contributed by atoms with E-state index < -0.39 is 0 Å². The number of hydrogen-bond acceptors (Lipinski definition) is 4. The summed E-state index contributed by atoms with van der Waals surface area (Å²) in [6.07, 6.45) is 0. The Morgan fingerprint density at radius 1 is 1.00 bits per heavy atom. The fraction of sp³-hybridized carbons (Fsp3) is 0.500. The third-order valence-corrected chi connectivity index (χ3v) is 3.25. The zero-order valence-electron chi connectivity index (χ0n) is 12.9. The summed E-state index contributed by atoms with van der Waals surface area (Å²) < 4.78 is 0. The number of aliphatic hydroxyl groups is 2. The molecule has 0 aromatic heterocycles. The van der Waals surface area contributed by atoms with E-state index in [1.165, 1.54) is 0 Å². The number of Topliss-reactive ketones (excluding diaryl/α,β-unsaturated/α-hetero) is 1. The molecule has 1 aromatic carbocycles. The Labute approximate surface area is 125 Å². The van der Waals surface area contributed by atoms with Crippen molar-refractivity contribution in [2.75, 3.05) is 5.32 Å². The van der Waals surface area contributed by atoms with Gasteiger partial charge < -0.3 is 15.5 Å². The first-order valence-electron chi connectivity index (χ1n) is 7.04. The summed E-state index contributed by atoms with van der Waals surface area (Å²) in [4.78, 5) is 24.2. The van der Waals surface area contributed by atoms with Gasteiger partial charge in [0.15, 0.2) is 5.78 Å². The minimum Gasteiger partial charge on any atom is -0.392 e. The minimum absolute atomic E-state index is 0.117. The highest BCUT2D eigenvalue weighted by atomic mass is 16.3. The molecule has 0 unspecified atom stereocenters. The molecule has 116 valence electrons. The van der Waals surface area contributed by atoms with Gasteiger partial charge in [0, 0.05) is 17.4 Å². The second kappa shape index (κ2) is 7.33. The lowest BCUT2D eigenvalue weighted by Gasteiger charge is -2.17. The molecule has 5 heteroatoms. The van der Waals surface area contributed by atoms with Crippen LogP contribution in [-0.2, 0) is 18.0 Å². The van der Waals surface area contributed by atoms with E-state index in [-0.39, 0.29) is 36.7 Å². The molecule has 0 saturated carbocycles. The van der Waals surface area contributed by atoms with Gasteiger partial charge in [0.25, 0.3) is 0 Å². The van der Waals surface area contributed by atoms with Gasteiger partial charge in [0.05, 0.1) is 18.9 Å². The van der Waals surface area contributed by atoms with E-state index in [2.05, 4.69) is 5.32 Å². The summed E-state index contributed by atoms with van der Waals surface area (Å²) in [6.45, 7) is 6.52. The number of ketones is 1. The van der Waals surface area contributed by atoms with E-state index in [1.54, 1.807) is 39.8 Å². The first kappa shape index (κ1) is 17.3. The maximum atomic E-state index is 12.3. The number of carbonyl (C=O) groups is 2. The van der Waals surface area contributed by atoms with E-state index in [0.717, 1.165) is 0 Å². The van der Waals surface area contributed by atoms with Crippen molar-refractivity contribution >= 4 is 17.4 Å². The SMILES string of the molecule is CC(C)C(=O)Nc1cc(CO)c(CO)cc1C(=O)C(C)C. The molecule has 0 aliphatic carbocycles. The third kappa shape index (κ3) is 4.12. The van der Waals surface area contributed by atoms with Crippen molar-refractivity contribution in [1.29, 1.82) is 0 Å². The molecule has 3 N–H and O–H groups in total. The molecule has 0 bridgehead atoms. The summed E-state index contributed by atoms with van der Waals surface area (Å²) in [6, 6.07) is 3.10. The molecule has 1 amide bonds. The molecular formula is C16H23NO4. The van der Waals surface area contributed by atoms with Crippen LogP contribution in [0.15, 0.2) is 12.1 Å². The average molecular weight is 293 g/mol. The average Bonchev–Trinajstić information content (AvgIpc) is 2.45. The molecule has 0 atom stereocenters. The summed E-state index contributed by atoms with van der Waals surface area (Å²) in [5, 5.41) is 21.4. The lowest BCUT2D eigenvalue weighted by atomic mass is 9.94. The highest BCUT2D eigenvalue weighted by Gasteiger charge is 2.20. The van der Waals surface area contributed by atoms with E-state index in [1.807, 2.05) is 0 Å². The van der Waals surface area contributed by atoms with E-state index in [0.29, 0.717) is 22.4 Å². The fourth-order valence-electron chi connectivity index (χ4n) is 1.88. The van der Waals surface area contributed by atoms with Gasteiger partial charge in [0.1, 0.15) is 0 Å². The number of hydrogen-bond donors (Lipinski definition) is 3. The Morgan fingerprint density at radius 3 is 1.95 bits per heavy atom. The van der Waals surface area contributed by atoms with Crippen LogP contribution in [0.3, 0.4) is 0 Å². The van der Waals surface area contributed by atoms with Crippen LogP contribution < -0.4 is 5.32 Å². The summed E-state index contributed by atoms with van der Waals surface area (Å²) in [7, 11) is 0. The maximum absolute atomic E-state index is 12.3. The molecule has 0 fully saturated rings. The summed E-state index contributed by atoms with van der Waals surface area (Å²) in [5.74, 6) is -0.769. The zero-order chi connectivity index (χ0) is 16.2. The van der Waals surface area contributed by atoms with Crippen molar-refractivity contribution in [3.8, 4) is 0 Å². The van der Waals surface area contributed by atoms with Crippen LogP contribution in [-0.4, -0.2) is 21.9 Å². The van der Waals surface area contributed by atoms with Crippen molar-refractivity contribution < 1.29 is 19.8 Å². The van der Waals surface area contributed by atoms with Gasteiger partial charge in [0.2, 0.25) is 5.91 Å². The highest BCUT2D eigenvalue weighted by molar-refractivity contribution is 6.06. The van der Waals surface area contributed by atoms with Gasteiger partial charge in [-0.05, 0) is 23.3 Å². The van der Waals surface area contributed by atoms with Crippen LogP contribution in [0.1, 0.15) is 49.2 Å². The van der Waals surface area contributed by atoms with Crippen LogP contribution in [0.2, 0.25) is 0 Å². The van der Waals surface area contributed by atoms with Crippen LogP contribution in [0.25, 0.3) is 0 Å². The number of anilines is 1. The van der Waals surface area contributed by atoms with Crippen molar-refractivity contribution in [2.24, 2.45) is 11.8 Å². The number of aliphatic hydroxyl groups excluding tert-OH is 2. The summed E-state index contributed by atoms with van der Waals surface area (Å²) in [5.41, 5.74) is 1.73. The van der Waals surface area contributed by atoms with Crippen molar-refractivity contribution in [3.05, 3.63) is 28.8 Å². The smallest absolute Gasteiger partial charge is 0.226 e. The first-order valence-corrected chi connectivity index (χ1v) is 7.04. The highest BCUT2D eigenvalue weighted by Crippen LogP contribution is 2.25. The van der Waals surface area contributed by atoms with Gasteiger partial charge in [-0.15, -0.1) is 0 Å². The van der Waals surface area contributed by atoms with E-state index in [4.69, 9.17) is 0 Å². The molecule has 0 spiro atoms. The molecule has 0 aliphatic heterocycles. The van der Waals surface area contributed by atoms with Crippen molar-refractivity contribution in [2.45, 2.75) is 40.9 Å². The normalized spacial score (nSPS) is 11.0. The van der Waals surface area contributed by atoms with Crippen LogP contribution >= 0.6 is 0 Å². The zero-order valence-corrected chi connectivity index (χ0v) is 12.9. The lowest BCUT2D eigenvalue weighted by molar-refractivity contribution is -0.118. The molecule has 0 saturated heterocycles. The number of nitrogens with one attached hydrogen (secondary N) is 1. The molecule has 5 nitrogen and oxygen atoms in total. The molecule has 21 heavy (non-hydrogen) atoms. The van der Waals surface area contributed by atoms with Crippen molar-refractivity contribution in [3.63, 3.8) is 0 Å². The topological polar surface area (TPSA) is 86.6 Å². The predicted octanol–water partition coefficient (Wildman–Crippen LogP) is 2.10. The Hall–Kier alpha value is -1.72. The molecule has 1 aromatic rings. The minimum atomic E-state index is -0.271. The number of rotatable bonds is 6. The number of amides is 1. The Balaban J connectivity index is 3.36. The van der Waals surface area contributed by atoms with Gasteiger partial charge in [-0.3, -0.25) is 9.59 Å². The van der Waals surface area contributed by atoms with Gasteiger partial charge in [-0.2, -0.15) is 0 Å². The van der Waals surface area contributed by atoms with Crippen LogP contribution in [0.5, 0.6) is 0 Å². The Bertz CT molecular complexity index is 535. The van der Waals surface area contributed by atoms with Gasteiger partial charge >= 0.3 is 0 Å². The van der Waals surface area contributed by atoms with Crippen LogP contribution in [0, 0.1) is 11.8 Å².